The molecule has 0 aromatic carbocycles. The van der Waals surface area contributed by atoms with Crippen molar-refractivity contribution in [2.45, 2.75) is 101 Å². The summed E-state index contributed by atoms with van der Waals surface area (Å²) in [5.74, 6) is 2.08. The third-order valence-corrected chi connectivity index (χ3v) is 7.86. The Morgan fingerprint density at radius 1 is 1.26 bits per heavy atom. The van der Waals surface area contributed by atoms with Gasteiger partial charge in [0, 0.05) is 11.3 Å². The fraction of sp³-hybridized carbons (Fsp3) is 0.800. The summed E-state index contributed by atoms with van der Waals surface area (Å²) in [4.78, 5) is 25.5. The minimum Gasteiger partial charge on any atom is -0.472 e. The number of aromatic nitrogens is 1. The zero-order valence-corrected chi connectivity index (χ0v) is 22.1. The molecule has 0 aliphatic heterocycles. The largest absolute Gasteiger partial charge is 0.472 e. The van der Waals surface area contributed by atoms with E-state index in [1.807, 2.05) is 27.7 Å². The number of hydrogen-bond acceptors (Lipinski definition) is 7. The molecule has 192 valence electrons. The maximum Gasteiger partial charge on any atom is 0.291 e. The Balaban J connectivity index is 1.66. The monoisotopic (exact) mass is 494 g/mol. The number of hydrogen-bond donors (Lipinski definition) is 3. The summed E-state index contributed by atoms with van der Waals surface area (Å²) in [7, 11) is 0. The first-order valence-corrected chi connectivity index (χ1v) is 13.6. The number of carbonyl (C=O) groups excluding carboxylic acids is 2. The van der Waals surface area contributed by atoms with E-state index in [-0.39, 0.29) is 47.9 Å². The molecule has 8 nitrogen and oxygen atoms in total. The molecule has 0 saturated heterocycles. The second-order valence-corrected chi connectivity index (χ2v) is 12.5. The molecule has 2 aliphatic carbocycles. The molecule has 2 fully saturated rings. The summed E-state index contributed by atoms with van der Waals surface area (Å²) in [6.07, 6.45) is 8.63. The Morgan fingerprint density at radius 3 is 2.71 bits per heavy atom. The Morgan fingerprint density at radius 2 is 2.03 bits per heavy atom. The predicted molar refractivity (Wildman–Crippen MR) is 134 cm³/mol. The van der Waals surface area contributed by atoms with Crippen LogP contribution in [-0.4, -0.2) is 47.0 Å². The first-order valence-electron chi connectivity index (χ1n) is 12.7. The molecule has 2 saturated carbocycles. The highest BCUT2D eigenvalue weighted by Crippen LogP contribution is 2.46. The lowest BCUT2D eigenvalue weighted by atomic mass is 9.78. The number of nitrogens with two attached hydrogens (primary N) is 1. The van der Waals surface area contributed by atoms with Gasteiger partial charge in [-0.15, -0.1) is 11.8 Å². The maximum atomic E-state index is 13.3. The number of carbonyl (C=O) groups is 2. The first-order chi connectivity index (χ1) is 16.1. The minimum absolute atomic E-state index is 0.0888. The van der Waals surface area contributed by atoms with E-state index in [0.717, 1.165) is 18.3 Å². The minimum atomic E-state index is -0.646. The van der Waals surface area contributed by atoms with Crippen LogP contribution < -0.4 is 21.1 Å². The number of rotatable bonds is 12. The second kappa shape index (κ2) is 11.8. The zero-order chi connectivity index (χ0) is 24.9. The number of nitrogens with zero attached hydrogens (tertiary/aromatic N) is 1. The summed E-state index contributed by atoms with van der Waals surface area (Å²) in [6, 6.07) is 0.195. The van der Waals surface area contributed by atoms with Crippen molar-refractivity contribution in [3.63, 3.8) is 0 Å². The molecule has 2 aliphatic rings. The van der Waals surface area contributed by atoms with Crippen LogP contribution in [0.15, 0.2) is 9.42 Å². The van der Waals surface area contributed by atoms with E-state index < -0.39 is 5.54 Å². The van der Waals surface area contributed by atoms with Crippen LogP contribution in [0.5, 0.6) is 5.88 Å². The van der Waals surface area contributed by atoms with Crippen molar-refractivity contribution in [1.29, 1.82) is 0 Å². The van der Waals surface area contributed by atoms with E-state index in [2.05, 4.69) is 22.7 Å². The normalized spacial score (nSPS) is 24.3. The molecule has 1 heterocycles. The lowest BCUT2D eigenvalue weighted by molar-refractivity contribution is -0.121. The number of unbranched alkanes of at least 4 members (excludes halogenated alkanes) is 1. The molecule has 1 aromatic rings. The number of ether oxygens (including phenoxy) is 1. The highest BCUT2D eigenvalue weighted by Gasteiger charge is 2.42. The van der Waals surface area contributed by atoms with E-state index in [1.54, 1.807) is 0 Å². The van der Waals surface area contributed by atoms with Crippen LogP contribution in [0.1, 0.15) is 90.1 Å². The van der Waals surface area contributed by atoms with Crippen LogP contribution in [0, 0.1) is 17.8 Å². The number of fused-ring (bicyclic) bond motifs is 2. The van der Waals surface area contributed by atoms with Crippen molar-refractivity contribution in [2.75, 3.05) is 13.2 Å². The van der Waals surface area contributed by atoms with Gasteiger partial charge in [-0.3, -0.25) is 9.59 Å². The van der Waals surface area contributed by atoms with Crippen LogP contribution >= 0.6 is 11.8 Å². The quantitative estimate of drug-likeness (QED) is 0.374. The van der Waals surface area contributed by atoms with E-state index >= 15 is 0 Å². The van der Waals surface area contributed by atoms with Gasteiger partial charge in [0.25, 0.3) is 11.8 Å². The van der Waals surface area contributed by atoms with Crippen molar-refractivity contribution in [3.8, 4) is 5.88 Å². The van der Waals surface area contributed by atoms with Gasteiger partial charge in [-0.1, -0.05) is 40.0 Å². The van der Waals surface area contributed by atoms with E-state index in [1.165, 1.54) is 50.3 Å². The lowest BCUT2D eigenvalue weighted by Crippen LogP contribution is -2.49. The smallest absolute Gasteiger partial charge is 0.291 e. The van der Waals surface area contributed by atoms with Crippen molar-refractivity contribution < 1.29 is 18.8 Å². The lowest BCUT2D eigenvalue weighted by Gasteiger charge is -2.28. The van der Waals surface area contributed by atoms with Gasteiger partial charge in [0.15, 0.2) is 0 Å². The van der Waals surface area contributed by atoms with Gasteiger partial charge in [0.05, 0.1) is 12.1 Å². The third-order valence-electron chi connectivity index (χ3n) is 6.79. The van der Waals surface area contributed by atoms with Gasteiger partial charge in [0.1, 0.15) is 11.5 Å². The van der Waals surface area contributed by atoms with Crippen molar-refractivity contribution in [2.24, 2.45) is 23.5 Å². The summed E-state index contributed by atoms with van der Waals surface area (Å²) in [5.41, 5.74) is 4.76. The molecule has 4 N–H and O–H groups in total. The highest BCUT2D eigenvalue weighted by molar-refractivity contribution is 8.00. The van der Waals surface area contributed by atoms with Crippen LogP contribution in [0.4, 0.5) is 0 Å². The highest BCUT2D eigenvalue weighted by atomic mass is 32.2. The maximum absolute atomic E-state index is 13.3. The number of amides is 2. The standard InChI is InChI=1S/C25H42N4O4S/c1-6-7-8-16-9-17-11-18(10-16)19(12-17)27-23(31)21-22(34-15(2)3)24(29-33-21)32-14-25(4,5)28-20(30)13-26/h15-19H,6-14,26H2,1-5H3,(H,27,31)(H,28,30). The van der Waals surface area contributed by atoms with Crippen LogP contribution in [0.3, 0.4) is 0 Å². The SMILES string of the molecule is CCCCC1CC2CC(C1)C(NC(=O)c1onc(OCC(C)(C)NC(=O)CN)c1SC(C)C)C2. The van der Waals surface area contributed by atoms with Gasteiger partial charge in [-0.25, -0.2) is 0 Å². The summed E-state index contributed by atoms with van der Waals surface area (Å²) in [6.45, 7) is 10.1. The van der Waals surface area contributed by atoms with Gasteiger partial charge < -0.3 is 25.6 Å². The Bertz CT molecular complexity index is 841. The van der Waals surface area contributed by atoms with E-state index in [9.17, 15) is 9.59 Å². The summed E-state index contributed by atoms with van der Waals surface area (Å²) in [5, 5.41) is 10.4. The summed E-state index contributed by atoms with van der Waals surface area (Å²) >= 11 is 1.49. The van der Waals surface area contributed by atoms with Crippen LogP contribution in [0.25, 0.3) is 0 Å². The van der Waals surface area contributed by atoms with Crippen molar-refractivity contribution in [3.05, 3.63) is 5.76 Å². The third kappa shape index (κ3) is 7.13. The molecule has 3 rings (SSSR count). The number of nitrogens with one attached hydrogen (secondary N) is 2. The molecule has 2 bridgehead atoms. The molecule has 4 atom stereocenters. The van der Waals surface area contributed by atoms with Crippen molar-refractivity contribution in [1.82, 2.24) is 15.8 Å². The average molecular weight is 495 g/mol. The molecule has 4 unspecified atom stereocenters. The molecular formula is C25H42N4O4S. The molecule has 34 heavy (non-hydrogen) atoms. The predicted octanol–water partition coefficient (Wildman–Crippen LogP) is 4.13. The van der Waals surface area contributed by atoms with Gasteiger partial charge in [0.2, 0.25) is 11.7 Å². The Labute approximate surface area is 207 Å². The van der Waals surface area contributed by atoms with Crippen molar-refractivity contribution >= 4 is 23.6 Å². The molecule has 9 heteroatoms. The fourth-order valence-electron chi connectivity index (χ4n) is 5.38. The fourth-order valence-corrected chi connectivity index (χ4v) is 6.29. The molecule has 0 radical (unpaired) electrons. The topological polar surface area (TPSA) is 119 Å². The number of thioether (sulfide) groups is 1. The van der Waals surface area contributed by atoms with Gasteiger partial charge >= 0.3 is 0 Å². The van der Waals surface area contributed by atoms with Gasteiger partial charge in [-0.2, -0.15) is 0 Å². The Kier molecular flexibility index (Phi) is 9.32. The molecular weight excluding hydrogens is 452 g/mol. The Hall–Kier alpha value is -1.74. The second-order valence-electron chi connectivity index (χ2n) is 10.9. The van der Waals surface area contributed by atoms with Gasteiger partial charge in [-0.05, 0) is 62.4 Å². The van der Waals surface area contributed by atoms with E-state index in [4.69, 9.17) is 15.0 Å². The molecule has 1 aromatic heterocycles. The molecule has 2 amide bonds. The van der Waals surface area contributed by atoms with Crippen LogP contribution in [-0.2, 0) is 4.79 Å². The average Bonchev–Trinajstić information content (AvgIpc) is 3.29. The summed E-state index contributed by atoms with van der Waals surface area (Å²) < 4.78 is 11.4. The first kappa shape index (κ1) is 26.9. The zero-order valence-electron chi connectivity index (χ0n) is 21.3. The molecule has 0 spiro atoms. The van der Waals surface area contributed by atoms with Crippen LogP contribution in [0.2, 0.25) is 0 Å². The van der Waals surface area contributed by atoms with E-state index in [0.29, 0.717) is 10.8 Å².